The first-order valence-corrected chi connectivity index (χ1v) is 8.50. The fourth-order valence-corrected chi connectivity index (χ4v) is 3.54. The molecule has 0 spiro atoms. The highest BCUT2D eigenvalue weighted by Gasteiger charge is 2.16. The van der Waals surface area contributed by atoms with E-state index in [1.807, 2.05) is 13.0 Å². The maximum Gasteiger partial charge on any atom is 0.261 e. The molecule has 0 fully saturated rings. The second-order valence-electron chi connectivity index (χ2n) is 4.48. The zero-order valence-electron chi connectivity index (χ0n) is 10.9. The lowest BCUT2D eigenvalue weighted by atomic mass is 10.2. The van der Waals surface area contributed by atoms with Gasteiger partial charge in [-0.25, -0.2) is 8.42 Å². The van der Waals surface area contributed by atoms with Crippen molar-refractivity contribution < 1.29 is 8.42 Å². The summed E-state index contributed by atoms with van der Waals surface area (Å²) in [6.45, 7) is 3.61. The lowest BCUT2D eigenvalue weighted by Gasteiger charge is -2.11. The minimum absolute atomic E-state index is 0.196. The monoisotopic (exact) mass is 373 g/mol. The summed E-state index contributed by atoms with van der Waals surface area (Å²) in [6, 6.07) is 9.99. The minimum atomic E-state index is -3.61. The number of rotatable bonds is 3. The predicted molar refractivity (Wildman–Crippen MR) is 85.9 cm³/mol. The van der Waals surface area contributed by atoms with Gasteiger partial charge < -0.3 is 0 Å². The second kappa shape index (κ2) is 5.76. The molecule has 0 amide bonds. The summed E-state index contributed by atoms with van der Waals surface area (Å²) in [4.78, 5) is 0.196. The SMILES string of the molecule is Cc1cc(S(=O)(=O)Nc2ccc(Br)cc2C)ccc1Cl. The van der Waals surface area contributed by atoms with Crippen LogP contribution in [0.3, 0.4) is 0 Å². The molecule has 106 valence electrons. The number of halogens is 2. The Labute approximate surface area is 132 Å². The number of benzene rings is 2. The van der Waals surface area contributed by atoms with Crippen LogP contribution in [0.1, 0.15) is 11.1 Å². The van der Waals surface area contributed by atoms with Crippen LogP contribution >= 0.6 is 27.5 Å². The fraction of sp³-hybridized carbons (Fsp3) is 0.143. The third-order valence-corrected chi connectivity index (χ3v) is 5.15. The van der Waals surface area contributed by atoms with E-state index >= 15 is 0 Å². The van der Waals surface area contributed by atoms with E-state index in [-0.39, 0.29) is 4.90 Å². The van der Waals surface area contributed by atoms with Gasteiger partial charge in [-0.15, -0.1) is 0 Å². The van der Waals surface area contributed by atoms with Crippen molar-refractivity contribution in [1.82, 2.24) is 0 Å². The van der Waals surface area contributed by atoms with Crippen molar-refractivity contribution in [2.45, 2.75) is 18.7 Å². The highest BCUT2D eigenvalue weighted by molar-refractivity contribution is 9.10. The molecule has 0 atom stereocenters. The second-order valence-corrected chi connectivity index (χ2v) is 7.48. The Bertz CT molecular complexity index is 760. The maximum absolute atomic E-state index is 12.3. The van der Waals surface area contributed by atoms with Crippen LogP contribution in [0.4, 0.5) is 5.69 Å². The van der Waals surface area contributed by atoms with E-state index in [0.717, 1.165) is 15.6 Å². The van der Waals surface area contributed by atoms with Crippen molar-refractivity contribution >= 4 is 43.2 Å². The maximum atomic E-state index is 12.3. The Morgan fingerprint density at radius 3 is 2.35 bits per heavy atom. The molecule has 0 aliphatic rings. The van der Waals surface area contributed by atoms with E-state index < -0.39 is 10.0 Å². The molecule has 0 bridgehead atoms. The standard InChI is InChI=1S/C14H13BrClNO2S/c1-9-8-12(4-5-13(9)16)20(18,19)17-14-6-3-11(15)7-10(14)2/h3-8,17H,1-2H3. The average Bonchev–Trinajstić information content (AvgIpc) is 2.36. The first-order valence-electron chi connectivity index (χ1n) is 5.85. The van der Waals surface area contributed by atoms with Gasteiger partial charge in [0.1, 0.15) is 0 Å². The van der Waals surface area contributed by atoms with Crippen molar-refractivity contribution in [3.8, 4) is 0 Å². The molecule has 0 aliphatic carbocycles. The summed E-state index contributed by atoms with van der Waals surface area (Å²) in [7, 11) is -3.61. The van der Waals surface area contributed by atoms with E-state index in [1.54, 1.807) is 31.2 Å². The van der Waals surface area contributed by atoms with Gasteiger partial charge in [0.05, 0.1) is 10.6 Å². The molecule has 0 aliphatic heterocycles. The molecule has 6 heteroatoms. The van der Waals surface area contributed by atoms with Crippen molar-refractivity contribution in [3.63, 3.8) is 0 Å². The van der Waals surface area contributed by atoms with Gasteiger partial charge in [0.2, 0.25) is 0 Å². The highest BCUT2D eigenvalue weighted by atomic mass is 79.9. The van der Waals surface area contributed by atoms with Crippen molar-refractivity contribution in [1.29, 1.82) is 0 Å². The number of nitrogens with one attached hydrogen (secondary N) is 1. The zero-order valence-corrected chi connectivity index (χ0v) is 14.1. The number of aryl methyl sites for hydroxylation is 2. The molecule has 0 aromatic heterocycles. The summed E-state index contributed by atoms with van der Waals surface area (Å²) in [5, 5.41) is 0.545. The summed E-state index contributed by atoms with van der Waals surface area (Å²) in [6.07, 6.45) is 0. The van der Waals surface area contributed by atoms with Gasteiger partial charge in [-0.05, 0) is 61.4 Å². The smallest absolute Gasteiger partial charge is 0.261 e. The molecule has 0 radical (unpaired) electrons. The zero-order chi connectivity index (χ0) is 14.9. The Morgan fingerprint density at radius 1 is 1.05 bits per heavy atom. The van der Waals surface area contributed by atoms with Gasteiger partial charge in [-0.1, -0.05) is 27.5 Å². The van der Waals surface area contributed by atoms with Gasteiger partial charge in [-0.3, -0.25) is 4.72 Å². The Morgan fingerprint density at radius 2 is 1.75 bits per heavy atom. The van der Waals surface area contributed by atoms with Crippen LogP contribution in [-0.2, 0) is 10.0 Å². The van der Waals surface area contributed by atoms with Gasteiger partial charge in [-0.2, -0.15) is 0 Å². The molecular weight excluding hydrogens is 362 g/mol. The van der Waals surface area contributed by atoms with Gasteiger partial charge in [0.25, 0.3) is 10.0 Å². The van der Waals surface area contributed by atoms with Gasteiger partial charge in [0, 0.05) is 9.50 Å². The van der Waals surface area contributed by atoms with E-state index in [0.29, 0.717) is 10.7 Å². The van der Waals surface area contributed by atoms with Crippen LogP contribution in [0.5, 0.6) is 0 Å². The summed E-state index contributed by atoms with van der Waals surface area (Å²) in [5.41, 5.74) is 2.12. The Balaban J connectivity index is 2.38. The Hall–Kier alpha value is -1.04. The number of hydrogen-bond acceptors (Lipinski definition) is 2. The van der Waals surface area contributed by atoms with Crippen LogP contribution < -0.4 is 4.72 Å². The third kappa shape index (κ3) is 3.34. The lowest BCUT2D eigenvalue weighted by molar-refractivity contribution is 0.601. The molecule has 20 heavy (non-hydrogen) atoms. The minimum Gasteiger partial charge on any atom is -0.279 e. The van der Waals surface area contributed by atoms with E-state index in [2.05, 4.69) is 20.7 Å². The number of hydrogen-bond donors (Lipinski definition) is 1. The summed E-state index contributed by atoms with van der Waals surface area (Å²) >= 11 is 9.26. The molecule has 1 N–H and O–H groups in total. The van der Waals surface area contributed by atoms with Crippen molar-refractivity contribution in [3.05, 3.63) is 57.0 Å². The Kier molecular flexibility index (Phi) is 4.42. The molecule has 2 rings (SSSR count). The van der Waals surface area contributed by atoms with Crippen LogP contribution in [0.15, 0.2) is 45.8 Å². The number of anilines is 1. The summed E-state index contributed by atoms with van der Waals surface area (Å²) in [5.74, 6) is 0. The highest BCUT2D eigenvalue weighted by Crippen LogP contribution is 2.25. The first kappa shape index (κ1) is 15.4. The van der Waals surface area contributed by atoms with E-state index in [1.165, 1.54) is 6.07 Å². The quantitative estimate of drug-likeness (QED) is 0.858. The van der Waals surface area contributed by atoms with E-state index in [4.69, 9.17) is 11.6 Å². The van der Waals surface area contributed by atoms with Crippen LogP contribution in [-0.4, -0.2) is 8.42 Å². The molecular formula is C14H13BrClNO2S. The van der Waals surface area contributed by atoms with Crippen LogP contribution in [0, 0.1) is 13.8 Å². The first-order chi connectivity index (χ1) is 9.29. The number of sulfonamides is 1. The predicted octanol–water partition coefficient (Wildman–Crippen LogP) is 4.52. The van der Waals surface area contributed by atoms with Crippen LogP contribution in [0.25, 0.3) is 0 Å². The molecule has 0 saturated carbocycles. The third-order valence-electron chi connectivity index (χ3n) is 2.87. The average molecular weight is 375 g/mol. The fourth-order valence-electron chi connectivity index (χ4n) is 1.73. The molecule has 0 unspecified atom stereocenters. The molecule has 3 nitrogen and oxygen atoms in total. The molecule has 0 saturated heterocycles. The largest absolute Gasteiger partial charge is 0.279 e. The lowest BCUT2D eigenvalue weighted by Crippen LogP contribution is -2.13. The van der Waals surface area contributed by atoms with Crippen molar-refractivity contribution in [2.24, 2.45) is 0 Å². The normalized spacial score (nSPS) is 11.4. The molecule has 0 heterocycles. The molecule has 2 aromatic carbocycles. The molecule has 2 aromatic rings. The van der Waals surface area contributed by atoms with Gasteiger partial charge >= 0.3 is 0 Å². The van der Waals surface area contributed by atoms with Crippen molar-refractivity contribution in [2.75, 3.05) is 4.72 Å². The van der Waals surface area contributed by atoms with Gasteiger partial charge in [0.15, 0.2) is 0 Å². The van der Waals surface area contributed by atoms with Crippen LogP contribution in [0.2, 0.25) is 5.02 Å². The van der Waals surface area contributed by atoms with E-state index in [9.17, 15) is 8.42 Å². The summed E-state index contributed by atoms with van der Waals surface area (Å²) < 4.78 is 28.2. The topological polar surface area (TPSA) is 46.2 Å².